The summed E-state index contributed by atoms with van der Waals surface area (Å²) in [5.74, 6) is -1.93. The van der Waals surface area contributed by atoms with E-state index in [-0.39, 0.29) is 16.3 Å². The predicted octanol–water partition coefficient (Wildman–Crippen LogP) is 1.69. The standard InChI is InChI=1S/C10H10ClFO4/c1-15-9-6(12)4-3-5(11)7(9)8(13)10(14)16-2/h3-4,8,13H,1-2H3. The molecule has 0 saturated carbocycles. The van der Waals surface area contributed by atoms with Gasteiger partial charge in [0.05, 0.1) is 24.8 Å². The number of aliphatic hydroxyl groups is 1. The third kappa shape index (κ3) is 2.25. The third-order valence-electron chi connectivity index (χ3n) is 2.00. The van der Waals surface area contributed by atoms with Gasteiger partial charge in [-0.2, -0.15) is 0 Å². The second-order valence-electron chi connectivity index (χ2n) is 2.90. The van der Waals surface area contributed by atoms with Crippen LogP contribution in [-0.2, 0) is 9.53 Å². The first kappa shape index (κ1) is 12.7. The van der Waals surface area contributed by atoms with E-state index in [4.69, 9.17) is 16.3 Å². The minimum absolute atomic E-state index is 0.0242. The van der Waals surface area contributed by atoms with E-state index in [0.29, 0.717) is 0 Å². The van der Waals surface area contributed by atoms with Crippen LogP contribution in [-0.4, -0.2) is 25.3 Å². The normalized spacial score (nSPS) is 12.1. The van der Waals surface area contributed by atoms with Gasteiger partial charge in [0.15, 0.2) is 17.7 Å². The molecule has 0 spiro atoms. The number of hydrogen-bond acceptors (Lipinski definition) is 4. The molecule has 0 saturated heterocycles. The lowest BCUT2D eigenvalue weighted by Crippen LogP contribution is -2.15. The van der Waals surface area contributed by atoms with Crippen molar-refractivity contribution in [2.75, 3.05) is 14.2 Å². The molecule has 0 aromatic heterocycles. The first-order chi connectivity index (χ1) is 7.52. The fourth-order valence-corrected chi connectivity index (χ4v) is 1.49. The second kappa shape index (κ2) is 5.14. The summed E-state index contributed by atoms with van der Waals surface area (Å²) < 4.78 is 22.4. The number of carbonyl (C=O) groups is 1. The van der Waals surface area contributed by atoms with Gasteiger partial charge in [-0.3, -0.25) is 0 Å². The number of rotatable bonds is 3. The van der Waals surface area contributed by atoms with Crippen LogP contribution in [0.3, 0.4) is 0 Å². The van der Waals surface area contributed by atoms with Crippen molar-refractivity contribution in [3.8, 4) is 5.75 Å². The third-order valence-corrected chi connectivity index (χ3v) is 2.33. The van der Waals surface area contributed by atoms with E-state index >= 15 is 0 Å². The van der Waals surface area contributed by atoms with Crippen LogP contribution in [0.2, 0.25) is 5.02 Å². The van der Waals surface area contributed by atoms with Gasteiger partial charge in [0.1, 0.15) is 0 Å². The molecule has 0 radical (unpaired) electrons. The summed E-state index contributed by atoms with van der Waals surface area (Å²) in [7, 11) is 2.31. The van der Waals surface area contributed by atoms with Crippen LogP contribution in [0.25, 0.3) is 0 Å². The van der Waals surface area contributed by atoms with Crippen LogP contribution >= 0.6 is 11.6 Å². The average Bonchev–Trinajstić information content (AvgIpc) is 2.29. The molecule has 6 heteroatoms. The minimum Gasteiger partial charge on any atom is -0.493 e. The summed E-state index contributed by atoms with van der Waals surface area (Å²) >= 11 is 5.76. The molecule has 0 fully saturated rings. The summed E-state index contributed by atoms with van der Waals surface area (Å²) in [6, 6.07) is 2.30. The zero-order valence-electron chi connectivity index (χ0n) is 8.66. The highest BCUT2D eigenvalue weighted by atomic mass is 35.5. The highest BCUT2D eigenvalue weighted by molar-refractivity contribution is 6.31. The first-order valence-corrected chi connectivity index (χ1v) is 4.68. The SMILES string of the molecule is COC(=O)C(O)c1c(Cl)ccc(F)c1OC. The summed E-state index contributed by atoms with van der Waals surface area (Å²) in [5, 5.41) is 9.62. The number of benzene rings is 1. The molecule has 16 heavy (non-hydrogen) atoms. The first-order valence-electron chi connectivity index (χ1n) is 4.30. The molecule has 0 aliphatic heterocycles. The van der Waals surface area contributed by atoms with Crippen molar-refractivity contribution in [3.63, 3.8) is 0 Å². The molecule has 1 aromatic rings. The van der Waals surface area contributed by atoms with Crippen LogP contribution < -0.4 is 4.74 Å². The van der Waals surface area contributed by atoms with Gasteiger partial charge >= 0.3 is 5.97 Å². The number of methoxy groups -OCH3 is 2. The van der Waals surface area contributed by atoms with Crippen LogP contribution in [0.5, 0.6) is 5.75 Å². The fraction of sp³-hybridized carbons (Fsp3) is 0.300. The lowest BCUT2D eigenvalue weighted by atomic mass is 10.1. The second-order valence-corrected chi connectivity index (χ2v) is 3.31. The van der Waals surface area contributed by atoms with E-state index in [9.17, 15) is 14.3 Å². The summed E-state index contributed by atoms with van der Waals surface area (Å²) in [6.07, 6.45) is -1.68. The van der Waals surface area contributed by atoms with Crippen molar-refractivity contribution >= 4 is 17.6 Å². The van der Waals surface area contributed by atoms with E-state index < -0.39 is 17.9 Å². The van der Waals surface area contributed by atoms with Gasteiger partial charge in [-0.25, -0.2) is 9.18 Å². The summed E-state index contributed by atoms with van der Waals surface area (Å²) in [6.45, 7) is 0. The molecule has 1 rings (SSSR count). The Hall–Kier alpha value is -1.33. The number of ether oxygens (including phenoxy) is 2. The van der Waals surface area contributed by atoms with Gasteiger partial charge < -0.3 is 14.6 Å². The Labute approximate surface area is 96.5 Å². The van der Waals surface area contributed by atoms with Gasteiger partial charge in [0.25, 0.3) is 0 Å². The van der Waals surface area contributed by atoms with E-state index in [0.717, 1.165) is 13.2 Å². The topological polar surface area (TPSA) is 55.8 Å². The van der Waals surface area contributed by atoms with Gasteiger partial charge in [-0.05, 0) is 12.1 Å². The van der Waals surface area contributed by atoms with Crippen molar-refractivity contribution in [1.82, 2.24) is 0 Å². The minimum atomic E-state index is -1.68. The van der Waals surface area contributed by atoms with Crippen molar-refractivity contribution in [2.45, 2.75) is 6.10 Å². The zero-order chi connectivity index (χ0) is 12.3. The molecule has 0 aliphatic rings. The number of esters is 1. The summed E-state index contributed by atoms with van der Waals surface area (Å²) in [5.41, 5.74) is -0.143. The quantitative estimate of drug-likeness (QED) is 0.827. The van der Waals surface area contributed by atoms with Crippen molar-refractivity contribution in [2.24, 2.45) is 0 Å². The molecule has 88 valence electrons. The Morgan fingerprint density at radius 2 is 2.12 bits per heavy atom. The van der Waals surface area contributed by atoms with Crippen LogP contribution in [0.4, 0.5) is 4.39 Å². The predicted molar refractivity (Wildman–Crippen MR) is 54.9 cm³/mol. The number of halogens is 2. The number of aliphatic hydroxyl groups excluding tert-OH is 1. The van der Waals surface area contributed by atoms with Gasteiger partial charge in [0.2, 0.25) is 0 Å². The molecule has 1 atom stereocenters. The van der Waals surface area contributed by atoms with Gasteiger partial charge in [0, 0.05) is 0 Å². The smallest absolute Gasteiger partial charge is 0.339 e. The molecular formula is C10H10ClFO4. The fourth-order valence-electron chi connectivity index (χ4n) is 1.24. The van der Waals surface area contributed by atoms with Crippen LogP contribution in [0.15, 0.2) is 12.1 Å². The van der Waals surface area contributed by atoms with Crippen LogP contribution in [0, 0.1) is 5.82 Å². The van der Waals surface area contributed by atoms with Crippen molar-refractivity contribution in [3.05, 3.63) is 28.5 Å². The maximum absolute atomic E-state index is 13.3. The lowest BCUT2D eigenvalue weighted by molar-refractivity contribution is -0.150. The molecule has 0 amide bonds. The highest BCUT2D eigenvalue weighted by Crippen LogP contribution is 2.34. The lowest BCUT2D eigenvalue weighted by Gasteiger charge is -2.14. The molecule has 0 heterocycles. The largest absolute Gasteiger partial charge is 0.493 e. The Bertz CT molecular complexity index is 408. The molecule has 0 aliphatic carbocycles. The van der Waals surface area contributed by atoms with Gasteiger partial charge in [-0.15, -0.1) is 0 Å². The maximum Gasteiger partial charge on any atom is 0.339 e. The van der Waals surface area contributed by atoms with Crippen molar-refractivity contribution in [1.29, 1.82) is 0 Å². The van der Waals surface area contributed by atoms with Gasteiger partial charge in [-0.1, -0.05) is 11.6 Å². The number of carbonyl (C=O) groups excluding carboxylic acids is 1. The average molecular weight is 249 g/mol. The van der Waals surface area contributed by atoms with Crippen LogP contribution in [0.1, 0.15) is 11.7 Å². The molecular weight excluding hydrogens is 239 g/mol. The van der Waals surface area contributed by atoms with E-state index in [1.807, 2.05) is 0 Å². The Morgan fingerprint density at radius 1 is 1.50 bits per heavy atom. The van der Waals surface area contributed by atoms with Crippen molar-refractivity contribution < 1.29 is 23.8 Å². The highest BCUT2D eigenvalue weighted by Gasteiger charge is 2.26. The van der Waals surface area contributed by atoms with E-state index in [2.05, 4.69) is 4.74 Å². The van der Waals surface area contributed by atoms with E-state index in [1.165, 1.54) is 13.2 Å². The zero-order valence-corrected chi connectivity index (χ0v) is 9.42. The Balaban J connectivity index is 3.30. The monoisotopic (exact) mass is 248 g/mol. The molecule has 1 N–H and O–H groups in total. The summed E-state index contributed by atoms with van der Waals surface area (Å²) in [4.78, 5) is 11.1. The molecule has 1 unspecified atom stereocenters. The molecule has 1 aromatic carbocycles. The number of hydrogen-bond donors (Lipinski definition) is 1. The maximum atomic E-state index is 13.3. The molecule has 0 bridgehead atoms. The molecule has 4 nitrogen and oxygen atoms in total. The van der Waals surface area contributed by atoms with E-state index in [1.54, 1.807) is 0 Å². The Kier molecular flexibility index (Phi) is 4.09. The Morgan fingerprint density at radius 3 is 2.62 bits per heavy atom.